The van der Waals surface area contributed by atoms with Crippen molar-refractivity contribution in [2.24, 2.45) is 4.99 Å². The highest BCUT2D eigenvalue weighted by molar-refractivity contribution is 9.11. The molecule has 9 heteroatoms. The van der Waals surface area contributed by atoms with Crippen molar-refractivity contribution in [3.8, 4) is 5.75 Å². The van der Waals surface area contributed by atoms with Gasteiger partial charge in [0.25, 0.3) is 5.69 Å². The Kier molecular flexibility index (Phi) is 5.76. The summed E-state index contributed by atoms with van der Waals surface area (Å²) in [7, 11) is 0. The van der Waals surface area contributed by atoms with Gasteiger partial charge >= 0.3 is 0 Å². The van der Waals surface area contributed by atoms with E-state index in [4.69, 9.17) is 0 Å². The van der Waals surface area contributed by atoms with E-state index in [1.807, 2.05) is 0 Å². The van der Waals surface area contributed by atoms with Crippen molar-refractivity contribution in [3.05, 3.63) is 57.8 Å². The van der Waals surface area contributed by atoms with E-state index in [0.29, 0.717) is 24.7 Å². The first kappa shape index (κ1) is 17.6. The van der Waals surface area contributed by atoms with E-state index in [1.165, 1.54) is 18.3 Å². The molecule has 0 unspecified atom stereocenters. The maximum absolute atomic E-state index is 10.8. The lowest BCUT2D eigenvalue weighted by Crippen LogP contribution is -1.89. The predicted octanol–water partition coefficient (Wildman–Crippen LogP) is 6.10. The molecule has 0 aliphatic carbocycles. The molecule has 0 aliphatic heterocycles. The number of nitro benzene ring substituents is 1. The predicted molar refractivity (Wildman–Crippen MR) is 99.3 cm³/mol. The minimum absolute atomic E-state index is 0.0502. The fourth-order valence-electron chi connectivity index (χ4n) is 1.60. The molecule has 0 saturated carbocycles. The highest BCUT2D eigenvalue weighted by atomic mass is 79.9. The molecule has 0 amide bonds. The van der Waals surface area contributed by atoms with E-state index >= 15 is 0 Å². The largest absolute Gasteiger partial charge is 0.506 e. The molecule has 0 bridgehead atoms. The summed E-state index contributed by atoms with van der Waals surface area (Å²) in [5.74, 6) is 0.0566. The van der Waals surface area contributed by atoms with Crippen LogP contribution in [0.4, 0.5) is 11.4 Å². The van der Waals surface area contributed by atoms with Crippen molar-refractivity contribution >= 4 is 81.3 Å². The Morgan fingerprint density at radius 2 is 1.64 bits per heavy atom. The van der Waals surface area contributed by atoms with Crippen molar-refractivity contribution in [3.63, 3.8) is 0 Å². The normalized spacial score (nSPS) is 11.1. The van der Waals surface area contributed by atoms with Crippen LogP contribution in [-0.2, 0) is 0 Å². The first-order valence-electron chi connectivity index (χ1n) is 5.65. The molecule has 0 aliphatic rings. The number of halogens is 4. The summed E-state index contributed by atoms with van der Waals surface area (Å²) in [6.45, 7) is 0. The molecule has 0 radical (unpaired) electrons. The van der Waals surface area contributed by atoms with Crippen LogP contribution in [0, 0.1) is 10.1 Å². The number of hydrogen-bond acceptors (Lipinski definition) is 4. The third kappa shape index (κ3) is 3.95. The van der Waals surface area contributed by atoms with E-state index in [-0.39, 0.29) is 11.4 Å². The van der Waals surface area contributed by atoms with Crippen LogP contribution in [0.2, 0.25) is 0 Å². The second-order valence-electron chi connectivity index (χ2n) is 4.10. The molecule has 1 N–H and O–H groups in total. The lowest BCUT2D eigenvalue weighted by atomic mass is 10.2. The molecule has 22 heavy (non-hydrogen) atoms. The van der Waals surface area contributed by atoms with E-state index in [1.54, 1.807) is 12.1 Å². The minimum atomic E-state index is -0.486. The Morgan fingerprint density at radius 3 is 2.18 bits per heavy atom. The molecule has 2 aromatic rings. The first-order chi connectivity index (χ1) is 10.3. The quantitative estimate of drug-likeness (QED) is 0.281. The van der Waals surface area contributed by atoms with Crippen LogP contribution in [0.5, 0.6) is 5.75 Å². The number of phenols is 1. The van der Waals surface area contributed by atoms with Gasteiger partial charge < -0.3 is 5.11 Å². The number of aliphatic imine (C=N–C) groups is 1. The summed E-state index contributed by atoms with van der Waals surface area (Å²) in [5, 5.41) is 20.8. The van der Waals surface area contributed by atoms with Crippen LogP contribution in [-0.4, -0.2) is 16.2 Å². The van der Waals surface area contributed by atoms with E-state index in [0.717, 1.165) is 4.47 Å². The monoisotopic (exact) mass is 554 g/mol. The number of nitro groups is 1. The van der Waals surface area contributed by atoms with Gasteiger partial charge in [-0.3, -0.25) is 15.1 Å². The number of phenolic OH excluding ortho intramolecular Hbond substituents is 1. The summed E-state index contributed by atoms with van der Waals surface area (Å²) >= 11 is 13.1. The highest BCUT2D eigenvalue weighted by Crippen LogP contribution is 2.38. The lowest BCUT2D eigenvalue weighted by Gasteiger charge is -2.05. The average Bonchev–Trinajstić information content (AvgIpc) is 2.42. The van der Waals surface area contributed by atoms with E-state index in [9.17, 15) is 15.2 Å². The molecule has 5 nitrogen and oxygen atoms in total. The van der Waals surface area contributed by atoms with Gasteiger partial charge in [0.1, 0.15) is 5.75 Å². The number of nitrogens with zero attached hydrogens (tertiary/aromatic N) is 2. The summed E-state index contributed by atoms with van der Waals surface area (Å²) in [4.78, 5) is 14.6. The Balaban J connectivity index is 2.45. The molecule has 0 fully saturated rings. The minimum Gasteiger partial charge on any atom is -0.506 e. The summed E-state index contributed by atoms with van der Waals surface area (Å²) in [5.41, 5.74) is 0.935. The fraction of sp³-hybridized carbons (Fsp3) is 0. The van der Waals surface area contributed by atoms with Gasteiger partial charge in [-0.15, -0.1) is 0 Å². The van der Waals surface area contributed by atoms with Gasteiger partial charge in [0.05, 0.1) is 24.0 Å². The number of benzene rings is 2. The van der Waals surface area contributed by atoms with Crippen molar-refractivity contribution in [1.29, 1.82) is 0 Å². The molecule has 0 heterocycles. The Labute approximate surface area is 159 Å². The van der Waals surface area contributed by atoms with E-state index in [2.05, 4.69) is 68.7 Å². The Morgan fingerprint density at radius 1 is 1.05 bits per heavy atom. The second-order valence-corrected chi connectivity index (χ2v) is 7.58. The lowest BCUT2D eigenvalue weighted by molar-refractivity contribution is -0.385. The molecular weight excluding hydrogens is 552 g/mol. The van der Waals surface area contributed by atoms with E-state index < -0.39 is 4.92 Å². The van der Waals surface area contributed by atoms with Crippen LogP contribution in [0.25, 0.3) is 0 Å². The molecule has 0 saturated heterocycles. The maximum Gasteiger partial charge on any atom is 0.271 e. The van der Waals surface area contributed by atoms with Gasteiger partial charge in [0, 0.05) is 28.4 Å². The van der Waals surface area contributed by atoms with Crippen molar-refractivity contribution in [1.82, 2.24) is 0 Å². The van der Waals surface area contributed by atoms with Crippen LogP contribution in [0.3, 0.4) is 0 Å². The first-order valence-corrected chi connectivity index (χ1v) is 8.82. The van der Waals surface area contributed by atoms with Crippen LogP contribution >= 0.6 is 63.7 Å². The Bertz CT molecular complexity index is 770. The number of rotatable bonds is 3. The Hall–Kier alpha value is -0.770. The van der Waals surface area contributed by atoms with Gasteiger partial charge in [-0.2, -0.15) is 0 Å². The molecule has 0 atom stereocenters. The number of hydrogen-bond donors (Lipinski definition) is 1. The van der Waals surface area contributed by atoms with Gasteiger partial charge in [-0.25, -0.2) is 0 Å². The van der Waals surface area contributed by atoms with Gasteiger partial charge in [-0.05, 0) is 59.9 Å². The topological polar surface area (TPSA) is 75.7 Å². The van der Waals surface area contributed by atoms with Crippen LogP contribution in [0.15, 0.2) is 47.1 Å². The zero-order valence-electron chi connectivity index (χ0n) is 10.6. The molecule has 114 valence electrons. The molecule has 2 aromatic carbocycles. The summed E-state index contributed by atoms with van der Waals surface area (Å²) < 4.78 is 2.25. The zero-order chi connectivity index (χ0) is 16.4. The standard InChI is InChI=1S/C13H6Br4N2O3/c14-7-1-6(13(20)11(17)2-7)5-18-12-9(15)3-8(19(21)22)4-10(12)16/h1-5,20H. The van der Waals surface area contributed by atoms with Gasteiger partial charge in [-0.1, -0.05) is 15.9 Å². The van der Waals surface area contributed by atoms with Crippen molar-refractivity contribution in [2.45, 2.75) is 0 Å². The molecule has 0 spiro atoms. The number of non-ortho nitro benzene ring substituents is 1. The zero-order valence-corrected chi connectivity index (χ0v) is 16.9. The maximum atomic E-state index is 10.8. The SMILES string of the molecule is O=[N+]([O-])c1cc(Br)c(N=Cc2cc(Br)cc(Br)c2O)c(Br)c1. The van der Waals surface area contributed by atoms with Gasteiger partial charge in [0.2, 0.25) is 0 Å². The molecule has 0 aromatic heterocycles. The third-order valence-electron chi connectivity index (χ3n) is 2.60. The van der Waals surface area contributed by atoms with Crippen molar-refractivity contribution < 1.29 is 10.0 Å². The number of aromatic hydroxyl groups is 1. The molecule has 2 rings (SSSR count). The average molecular weight is 558 g/mol. The highest BCUT2D eigenvalue weighted by Gasteiger charge is 2.13. The van der Waals surface area contributed by atoms with Crippen LogP contribution < -0.4 is 0 Å². The smallest absolute Gasteiger partial charge is 0.271 e. The third-order valence-corrected chi connectivity index (χ3v) is 4.87. The van der Waals surface area contributed by atoms with Crippen molar-refractivity contribution in [2.75, 3.05) is 0 Å². The van der Waals surface area contributed by atoms with Crippen LogP contribution in [0.1, 0.15) is 5.56 Å². The molecular formula is C13H6Br4N2O3. The summed E-state index contributed by atoms with van der Waals surface area (Å²) in [6.07, 6.45) is 1.47. The van der Waals surface area contributed by atoms with Gasteiger partial charge in [0.15, 0.2) is 0 Å². The second kappa shape index (κ2) is 7.20. The summed E-state index contributed by atoms with van der Waals surface area (Å²) in [6, 6.07) is 6.16. The fourth-order valence-corrected chi connectivity index (χ4v) is 4.22.